The first-order chi connectivity index (χ1) is 16.0. The predicted octanol–water partition coefficient (Wildman–Crippen LogP) is 3.29. The van der Waals surface area contributed by atoms with Crippen molar-refractivity contribution >= 4 is 28.8 Å². The van der Waals surface area contributed by atoms with Gasteiger partial charge in [0.2, 0.25) is 5.91 Å². The number of hydrogen-bond donors (Lipinski definition) is 3. The third-order valence-electron chi connectivity index (χ3n) is 6.61. The molecule has 2 heterocycles. The van der Waals surface area contributed by atoms with E-state index in [1.807, 2.05) is 18.2 Å². The minimum absolute atomic E-state index is 0.0146. The summed E-state index contributed by atoms with van der Waals surface area (Å²) in [6.45, 7) is 3.80. The number of piperidine rings is 1. The summed E-state index contributed by atoms with van der Waals surface area (Å²) in [4.78, 5) is 41.8. The summed E-state index contributed by atoms with van der Waals surface area (Å²) in [6.07, 6.45) is 6.68. The Morgan fingerprint density at radius 3 is 2.73 bits per heavy atom. The van der Waals surface area contributed by atoms with E-state index in [0.29, 0.717) is 44.6 Å². The monoisotopic (exact) mass is 454 g/mol. The number of rotatable bonds is 7. The van der Waals surface area contributed by atoms with Crippen molar-refractivity contribution in [3.63, 3.8) is 0 Å². The van der Waals surface area contributed by atoms with Crippen LogP contribution in [0, 0.1) is 0 Å². The molecule has 4 rings (SSSR count). The molecule has 3 amide bonds. The molecule has 0 radical (unpaired) electrons. The number of benzene rings is 1. The van der Waals surface area contributed by atoms with Gasteiger partial charge in [-0.05, 0) is 75.6 Å². The standard InChI is InChI=1S/C25H34N4O4/c1-2-33-25(32)29-14-11-18(12-15-29)27-23(30)8-5-13-26-24(31)17-9-10-22-20(16-17)19-6-3-4-7-21(19)28-22/h9-10,16,18,28H,2-8,11-15H2,1H3,(H,26,31)(H,27,30). The topological polar surface area (TPSA) is 104 Å². The maximum Gasteiger partial charge on any atom is 0.409 e. The molecule has 178 valence electrons. The molecule has 0 spiro atoms. The number of nitrogens with one attached hydrogen (secondary N) is 3. The quantitative estimate of drug-likeness (QED) is 0.559. The number of fused-ring (bicyclic) bond motifs is 3. The highest BCUT2D eigenvalue weighted by molar-refractivity contribution is 5.99. The summed E-state index contributed by atoms with van der Waals surface area (Å²) in [5.74, 6) is -0.117. The summed E-state index contributed by atoms with van der Waals surface area (Å²) in [7, 11) is 0. The van der Waals surface area contributed by atoms with Crippen molar-refractivity contribution in [2.75, 3.05) is 26.2 Å². The van der Waals surface area contributed by atoms with Crippen LogP contribution in [0.3, 0.4) is 0 Å². The second kappa shape index (κ2) is 10.7. The summed E-state index contributed by atoms with van der Waals surface area (Å²) in [5.41, 5.74) is 4.43. The largest absolute Gasteiger partial charge is 0.450 e. The van der Waals surface area contributed by atoms with Gasteiger partial charge in [-0.15, -0.1) is 0 Å². The Morgan fingerprint density at radius 2 is 1.94 bits per heavy atom. The molecular weight excluding hydrogens is 420 g/mol. The fourth-order valence-electron chi connectivity index (χ4n) is 4.82. The first kappa shape index (κ1) is 23.1. The van der Waals surface area contributed by atoms with Gasteiger partial charge in [0.25, 0.3) is 5.91 Å². The fourth-order valence-corrected chi connectivity index (χ4v) is 4.82. The lowest BCUT2D eigenvalue weighted by Gasteiger charge is -2.31. The van der Waals surface area contributed by atoms with Gasteiger partial charge in [0.1, 0.15) is 0 Å². The Morgan fingerprint density at radius 1 is 1.15 bits per heavy atom. The van der Waals surface area contributed by atoms with E-state index in [9.17, 15) is 14.4 Å². The highest BCUT2D eigenvalue weighted by Crippen LogP contribution is 2.29. The van der Waals surface area contributed by atoms with Crippen molar-refractivity contribution in [1.29, 1.82) is 0 Å². The smallest absolute Gasteiger partial charge is 0.409 e. The first-order valence-electron chi connectivity index (χ1n) is 12.2. The average Bonchev–Trinajstić information content (AvgIpc) is 3.20. The van der Waals surface area contributed by atoms with Crippen molar-refractivity contribution in [2.45, 2.75) is 64.3 Å². The molecule has 8 nitrogen and oxygen atoms in total. The number of aromatic nitrogens is 1. The van der Waals surface area contributed by atoms with E-state index in [1.54, 1.807) is 11.8 Å². The van der Waals surface area contributed by atoms with Gasteiger partial charge in [0, 0.05) is 54.3 Å². The molecule has 3 N–H and O–H groups in total. The van der Waals surface area contributed by atoms with Gasteiger partial charge in [-0.1, -0.05) is 0 Å². The zero-order valence-electron chi connectivity index (χ0n) is 19.4. The molecule has 1 saturated heterocycles. The third kappa shape index (κ3) is 5.67. The summed E-state index contributed by atoms with van der Waals surface area (Å²) < 4.78 is 5.02. The number of aryl methyl sites for hydroxylation is 2. The first-order valence-corrected chi connectivity index (χ1v) is 12.2. The molecule has 0 atom stereocenters. The molecule has 1 fully saturated rings. The van der Waals surface area contributed by atoms with Gasteiger partial charge in [-0.25, -0.2) is 4.79 Å². The Hall–Kier alpha value is -3.03. The number of carbonyl (C=O) groups excluding carboxylic acids is 3. The summed E-state index contributed by atoms with van der Waals surface area (Å²) >= 11 is 0. The average molecular weight is 455 g/mol. The van der Waals surface area contributed by atoms with E-state index in [0.717, 1.165) is 36.6 Å². The van der Waals surface area contributed by atoms with E-state index in [4.69, 9.17) is 4.74 Å². The fraction of sp³-hybridized carbons (Fsp3) is 0.560. The number of aromatic amines is 1. The lowest BCUT2D eigenvalue weighted by Crippen LogP contribution is -2.46. The molecule has 2 aliphatic rings. The van der Waals surface area contributed by atoms with E-state index in [1.165, 1.54) is 24.1 Å². The van der Waals surface area contributed by atoms with Crippen LogP contribution >= 0.6 is 0 Å². The molecular formula is C25H34N4O4. The highest BCUT2D eigenvalue weighted by atomic mass is 16.6. The van der Waals surface area contributed by atoms with Gasteiger partial charge in [0.15, 0.2) is 0 Å². The third-order valence-corrected chi connectivity index (χ3v) is 6.61. The number of likely N-dealkylation sites (tertiary alicyclic amines) is 1. The molecule has 8 heteroatoms. The molecule has 1 aromatic carbocycles. The molecule has 1 aliphatic heterocycles. The van der Waals surface area contributed by atoms with E-state index in [-0.39, 0.29) is 23.9 Å². The molecule has 2 aromatic rings. The van der Waals surface area contributed by atoms with E-state index >= 15 is 0 Å². The lowest BCUT2D eigenvalue weighted by atomic mass is 9.95. The molecule has 0 unspecified atom stereocenters. The van der Waals surface area contributed by atoms with Crippen LogP contribution in [0.1, 0.15) is 67.1 Å². The van der Waals surface area contributed by atoms with E-state index in [2.05, 4.69) is 15.6 Å². The van der Waals surface area contributed by atoms with Crippen LogP contribution in [0.15, 0.2) is 18.2 Å². The number of carbonyl (C=O) groups is 3. The van der Waals surface area contributed by atoms with Gasteiger partial charge < -0.3 is 25.3 Å². The van der Waals surface area contributed by atoms with Crippen molar-refractivity contribution in [3.8, 4) is 0 Å². The van der Waals surface area contributed by atoms with Crippen molar-refractivity contribution < 1.29 is 19.1 Å². The zero-order chi connectivity index (χ0) is 23.2. The highest BCUT2D eigenvalue weighted by Gasteiger charge is 2.24. The van der Waals surface area contributed by atoms with Crippen LogP contribution in [0.4, 0.5) is 4.79 Å². The maximum absolute atomic E-state index is 12.6. The minimum Gasteiger partial charge on any atom is -0.450 e. The number of nitrogens with zero attached hydrogens (tertiary/aromatic N) is 1. The number of ether oxygens (including phenoxy) is 1. The molecule has 1 aromatic heterocycles. The minimum atomic E-state index is -0.284. The second-order valence-electron chi connectivity index (χ2n) is 8.94. The zero-order valence-corrected chi connectivity index (χ0v) is 19.4. The molecule has 1 aliphatic carbocycles. The van der Waals surface area contributed by atoms with Crippen molar-refractivity contribution in [2.24, 2.45) is 0 Å². The SMILES string of the molecule is CCOC(=O)N1CCC(NC(=O)CCCNC(=O)c2ccc3[nH]c4c(c3c2)CCCC4)CC1. The molecule has 0 saturated carbocycles. The number of hydrogen-bond acceptors (Lipinski definition) is 4. The van der Waals surface area contributed by atoms with Crippen LogP contribution in [-0.2, 0) is 22.4 Å². The van der Waals surface area contributed by atoms with Crippen LogP contribution in [0.25, 0.3) is 10.9 Å². The number of H-pyrrole nitrogens is 1. The van der Waals surface area contributed by atoms with E-state index < -0.39 is 0 Å². The Bertz CT molecular complexity index is 1010. The van der Waals surface area contributed by atoms with Crippen LogP contribution in [0.5, 0.6) is 0 Å². The normalized spacial score (nSPS) is 16.3. The van der Waals surface area contributed by atoms with Crippen molar-refractivity contribution in [3.05, 3.63) is 35.0 Å². The van der Waals surface area contributed by atoms with Crippen molar-refractivity contribution in [1.82, 2.24) is 20.5 Å². The van der Waals surface area contributed by atoms with Crippen LogP contribution in [0.2, 0.25) is 0 Å². The summed E-state index contributed by atoms with van der Waals surface area (Å²) in [6, 6.07) is 5.91. The maximum atomic E-state index is 12.6. The Labute approximate surface area is 194 Å². The van der Waals surface area contributed by atoms with Gasteiger partial charge in [-0.2, -0.15) is 0 Å². The van der Waals surface area contributed by atoms with Gasteiger partial charge in [0.05, 0.1) is 6.61 Å². The Balaban J connectivity index is 1.18. The lowest BCUT2D eigenvalue weighted by molar-refractivity contribution is -0.122. The molecule has 33 heavy (non-hydrogen) atoms. The van der Waals surface area contributed by atoms with Crippen LogP contribution < -0.4 is 10.6 Å². The summed E-state index contributed by atoms with van der Waals surface area (Å²) in [5, 5.41) is 7.14. The van der Waals surface area contributed by atoms with Crippen LogP contribution in [-0.4, -0.2) is 60.1 Å². The predicted molar refractivity (Wildman–Crippen MR) is 126 cm³/mol. The van der Waals surface area contributed by atoms with Gasteiger partial charge in [-0.3, -0.25) is 9.59 Å². The van der Waals surface area contributed by atoms with Gasteiger partial charge >= 0.3 is 6.09 Å². The Kier molecular flexibility index (Phi) is 7.52. The molecule has 0 bridgehead atoms. The number of amides is 3. The second-order valence-corrected chi connectivity index (χ2v) is 8.94.